The molecule has 3 aromatic rings. The van der Waals surface area contributed by atoms with Gasteiger partial charge < -0.3 is 10.3 Å². The Morgan fingerprint density at radius 3 is 2.73 bits per heavy atom. The molecule has 2 aromatic carbocycles. The number of nitrogens with one attached hydrogen (secondary N) is 2. The minimum Gasteiger partial charge on any atom is -0.346 e. The summed E-state index contributed by atoms with van der Waals surface area (Å²) in [6.07, 6.45) is 1.92. The van der Waals surface area contributed by atoms with Crippen LogP contribution in [-0.4, -0.2) is 15.9 Å². The number of nitrogens with zero attached hydrogens (tertiary/aromatic N) is 1. The van der Waals surface area contributed by atoms with E-state index in [1.165, 1.54) is 0 Å². The summed E-state index contributed by atoms with van der Waals surface area (Å²) in [7, 11) is 0. The van der Waals surface area contributed by atoms with Gasteiger partial charge in [-0.1, -0.05) is 30.3 Å². The van der Waals surface area contributed by atoms with Crippen LogP contribution in [0.5, 0.6) is 0 Å². The SMILES string of the molecule is CC(NC(=O)CCc1cc(F)ccc1F)c1ncc(-c2ccccc2)[nH]1. The van der Waals surface area contributed by atoms with Gasteiger partial charge in [-0.25, -0.2) is 13.8 Å². The van der Waals surface area contributed by atoms with Crippen molar-refractivity contribution in [2.24, 2.45) is 0 Å². The van der Waals surface area contributed by atoms with Crippen LogP contribution in [0, 0.1) is 11.6 Å². The second-order valence-electron chi connectivity index (χ2n) is 6.07. The Morgan fingerprint density at radius 2 is 1.96 bits per heavy atom. The van der Waals surface area contributed by atoms with Crippen molar-refractivity contribution < 1.29 is 13.6 Å². The van der Waals surface area contributed by atoms with E-state index in [1.54, 1.807) is 6.20 Å². The number of aromatic nitrogens is 2. The molecule has 4 nitrogen and oxygen atoms in total. The highest BCUT2D eigenvalue weighted by atomic mass is 19.1. The summed E-state index contributed by atoms with van der Waals surface area (Å²) in [6, 6.07) is 12.7. The molecular formula is C20H19F2N3O. The molecule has 6 heteroatoms. The first-order valence-corrected chi connectivity index (χ1v) is 8.36. The highest BCUT2D eigenvalue weighted by molar-refractivity contribution is 5.76. The molecule has 0 aliphatic heterocycles. The molecule has 1 unspecified atom stereocenters. The summed E-state index contributed by atoms with van der Waals surface area (Å²) in [6.45, 7) is 1.81. The van der Waals surface area contributed by atoms with Crippen LogP contribution in [0.4, 0.5) is 8.78 Å². The topological polar surface area (TPSA) is 57.8 Å². The Morgan fingerprint density at radius 1 is 1.19 bits per heavy atom. The van der Waals surface area contributed by atoms with Gasteiger partial charge in [0.05, 0.1) is 17.9 Å². The summed E-state index contributed by atoms with van der Waals surface area (Å²) in [5, 5.41) is 2.82. The summed E-state index contributed by atoms with van der Waals surface area (Å²) >= 11 is 0. The van der Waals surface area contributed by atoms with Gasteiger partial charge >= 0.3 is 0 Å². The predicted octanol–water partition coefficient (Wildman–Crippen LogP) is 4.16. The number of halogens is 2. The zero-order valence-electron chi connectivity index (χ0n) is 14.3. The number of rotatable bonds is 6. The van der Waals surface area contributed by atoms with Crippen LogP contribution in [0.3, 0.4) is 0 Å². The van der Waals surface area contributed by atoms with Crippen LogP contribution in [0.25, 0.3) is 11.3 Å². The predicted molar refractivity (Wildman–Crippen MR) is 95.3 cm³/mol. The van der Waals surface area contributed by atoms with Crippen LogP contribution in [-0.2, 0) is 11.2 Å². The lowest BCUT2D eigenvalue weighted by atomic mass is 10.1. The van der Waals surface area contributed by atoms with Crippen molar-refractivity contribution in [1.82, 2.24) is 15.3 Å². The average molecular weight is 355 g/mol. The average Bonchev–Trinajstić information content (AvgIpc) is 3.13. The van der Waals surface area contributed by atoms with E-state index in [2.05, 4.69) is 15.3 Å². The fourth-order valence-corrected chi connectivity index (χ4v) is 2.69. The van der Waals surface area contributed by atoms with Crippen LogP contribution < -0.4 is 5.32 Å². The molecule has 3 rings (SSSR count). The third-order valence-electron chi connectivity index (χ3n) is 4.10. The van der Waals surface area contributed by atoms with Gasteiger partial charge in [-0.15, -0.1) is 0 Å². The molecule has 1 heterocycles. The van der Waals surface area contributed by atoms with Gasteiger partial charge in [0, 0.05) is 6.42 Å². The lowest BCUT2D eigenvalue weighted by Crippen LogP contribution is -2.27. The first-order chi connectivity index (χ1) is 12.5. The molecule has 0 aliphatic rings. The van der Waals surface area contributed by atoms with Gasteiger partial charge in [-0.3, -0.25) is 4.79 Å². The number of hydrogen-bond acceptors (Lipinski definition) is 2. The van der Waals surface area contributed by atoms with Gasteiger partial charge in [0.2, 0.25) is 5.91 Å². The lowest BCUT2D eigenvalue weighted by molar-refractivity contribution is -0.121. The Hall–Kier alpha value is -3.02. The van der Waals surface area contributed by atoms with E-state index in [-0.39, 0.29) is 30.4 Å². The number of amides is 1. The van der Waals surface area contributed by atoms with Crippen molar-refractivity contribution in [3.05, 3.63) is 77.8 Å². The first kappa shape index (κ1) is 17.8. The van der Waals surface area contributed by atoms with Crippen LogP contribution >= 0.6 is 0 Å². The lowest BCUT2D eigenvalue weighted by Gasteiger charge is -2.12. The Labute approximate surface area is 150 Å². The number of H-pyrrole nitrogens is 1. The van der Waals surface area contributed by atoms with E-state index < -0.39 is 11.6 Å². The molecule has 0 fully saturated rings. The molecule has 0 aliphatic carbocycles. The number of benzene rings is 2. The molecule has 26 heavy (non-hydrogen) atoms. The maximum Gasteiger partial charge on any atom is 0.220 e. The second kappa shape index (κ2) is 7.91. The van der Waals surface area contributed by atoms with E-state index in [4.69, 9.17) is 0 Å². The normalized spacial score (nSPS) is 12.0. The largest absolute Gasteiger partial charge is 0.346 e. The molecule has 0 spiro atoms. The maximum absolute atomic E-state index is 13.6. The number of imidazole rings is 1. The minimum absolute atomic E-state index is 0.0664. The van der Waals surface area contributed by atoms with Crippen molar-refractivity contribution in [1.29, 1.82) is 0 Å². The van der Waals surface area contributed by atoms with Gasteiger partial charge in [0.15, 0.2) is 0 Å². The minimum atomic E-state index is -0.515. The van der Waals surface area contributed by atoms with E-state index in [1.807, 2.05) is 37.3 Å². The maximum atomic E-state index is 13.6. The molecule has 134 valence electrons. The molecule has 0 bridgehead atoms. The zero-order valence-corrected chi connectivity index (χ0v) is 14.3. The third kappa shape index (κ3) is 4.33. The van der Waals surface area contributed by atoms with Crippen LogP contribution in [0.1, 0.15) is 30.8 Å². The molecule has 1 atom stereocenters. The van der Waals surface area contributed by atoms with Crippen molar-refractivity contribution in [3.8, 4) is 11.3 Å². The van der Waals surface area contributed by atoms with E-state index in [0.29, 0.717) is 5.82 Å². The molecule has 0 saturated carbocycles. The first-order valence-electron chi connectivity index (χ1n) is 8.36. The highest BCUT2D eigenvalue weighted by Gasteiger charge is 2.14. The van der Waals surface area contributed by atoms with Crippen molar-refractivity contribution in [2.75, 3.05) is 0 Å². The van der Waals surface area contributed by atoms with Crippen LogP contribution in [0.2, 0.25) is 0 Å². The van der Waals surface area contributed by atoms with E-state index in [0.717, 1.165) is 29.5 Å². The van der Waals surface area contributed by atoms with E-state index in [9.17, 15) is 13.6 Å². The number of aryl methyl sites for hydroxylation is 1. The van der Waals surface area contributed by atoms with Gasteiger partial charge in [-0.05, 0) is 42.7 Å². The Kier molecular flexibility index (Phi) is 5.41. The monoisotopic (exact) mass is 355 g/mol. The molecule has 0 saturated heterocycles. The van der Waals surface area contributed by atoms with Gasteiger partial charge in [0.1, 0.15) is 17.5 Å². The van der Waals surface area contributed by atoms with Gasteiger partial charge in [0.25, 0.3) is 0 Å². The number of aromatic amines is 1. The summed E-state index contributed by atoms with van der Waals surface area (Å²) in [5.41, 5.74) is 2.06. The Bertz CT molecular complexity index is 893. The molecule has 1 aromatic heterocycles. The second-order valence-corrected chi connectivity index (χ2v) is 6.07. The fraction of sp³-hybridized carbons (Fsp3) is 0.200. The summed E-state index contributed by atoms with van der Waals surface area (Å²) in [5.74, 6) is -0.641. The standard InChI is InChI=1S/C20H19F2N3O/c1-13(20-23-12-18(25-20)14-5-3-2-4-6-14)24-19(26)10-7-15-11-16(21)8-9-17(15)22/h2-6,8-9,11-13H,7,10H2,1H3,(H,23,25)(H,24,26). The molecule has 1 amide bonds. The number of carbonyl (C=O) groups is 1. The fourth-order valence-electron chi connectivity index (χ4n) is 2.69. The third-order valence-corrected chi connectivity index (χ3v) is 4.10. The smallest absolute Gasteiger partial charge is 0.220 e. The highest BCUT2D eigenvalue weighted by Crippen LogP contribution is 2.19. The Balaban J connectivity index is 1.58. The zero-order chi connectivity index (χ0) is 18.5. The molecule has 0 radical (unpaired) electrons. The quantitative estimate of drug-likeness (QED) is 0.697. The van der Waals surface area contributed by atoms with Crippen molar-refractivity contribution in [3.63, 3.8) is 0 Å². The summed E-state index contributed by atoms with van der Waals surface area (Å²) < 4.78 is 26.8. The summed E-state index contributed by atoms with van der Waals surface area (Å²) in [4.78, 5) is 19.6. The van der Waals surface area contributed by atoms with Crippen molar-refractivity contribution >= 4 is 5.91 Å². The molecular weight excluding hydrogens is 336 g/mol. The van der Waals surface area contributed by atoms with Gasteiger partial charge in [-0.2, -0.15) is 0 Å². The van der Waals surface area contributed by atoms with E-state index >= 15 is 0 Å². The van der Waals surface area contributed by atoms with Crippen LogP contribution in [0.15, 0.2) is 54.7 Å². The number of carbonyl (C=O) groups excluding carboxylic acids is 1. The van der Waals surface area contributed by atoms with Crippen molar-refractivity contribution in [2.45, 2.75) is 25.8 Å². The molecule has 2 N–H and O–H groups in total. The number of hydrogen-bond donors (Lipinski definition) is 2.